The summed E-state index contributed by atoms with van der Waals surface area (Å²) >= 11 is 0. The average molecular weight is 443 g/mol. The standard InChI is InChI=1S/C28H30N2O3/c1-22(31)12-6-2-3-11-21-29-27(32)23-17-19-26(20-18-23)30(25-15-9-5-10-16-25)28(33)24-13-7-4-8-14-24/h4-5,7-10,13-20H,2-3,6,11-12,21H2,1H3,(H,29,32). The minimum atomic E-state index is -0.135. The molecule has 3 aromatic rings. The highest BCUT2D eigenvalue weighted by atomic mass is 16.2. The molecule has 33 heavy (non-hydrogen) atoms. The zero-order valence-electron chi connectivity index (χ0n) is 19.0. The topological polar surface area (TPSA) is 66.5 Å². The molecule has 0 fully saturated rings. The van der Waals surface area contributed by atoms with Crippen LogP contribution < -0.4 is 10.2 Å². The van der Waals surface area contributed by atoms with E-state index in [1.54, 1.807) is 48.2 Å². The molecular formula is C28H30N2O3. The van der Waals surface area contributed by atoms with E-state index in [-0.39, 0.29) is 17.6 Å². The van der Waals surface area contributed by atoms with Crippen LogP contribution in [0.4, 0.5) is 11.4 Å². The van der Waals surface area contributed by atoms with Crippen LogP contribution in [0.25, 0.3) is 0 Å². The second-order valence-electron chi connectivity index (χ2n) is 8.01. The maximum Gasteiger partial charge on any atom is 0.262 e. The molecule has 0 saturated carbocycles. The van der Waals surface area contributed by atoms with Crippen molar-refractivity contribution in [2.75, 3.05) is 11.4 Å². The number of ketones is 1. The van der Waals surface area contributed by atoms with Gasteiger partial charge in [0.15, 0.2) is 0 Å². The van der Waals surface area contributed by atoms with Crippen LogP contribution in [0.3, 0.4) is 0 Å². The molecule has 0 saturated heterocycles. The van der Waals surface area contributed by atoms with E-state index >= 15 is 0 Å². The van der Waals surface area contributed by atoms with E-state index in [0.29, 0.717) is 29.8 Å². The Kier molecular flexibility index (Phi) is 8.95. The van der Waals surface area contributed by atoms with E-state index in [1.165, 1.54) is 0 Å². The Hall–Kier alpha value is -3.73. The highest BCUT2D eigenvalue weighted by molar-refractivity contribution is 6.11. The molecule has 3 aromatic carbocycles. The zero-order valence-corrected chi connectivity index (χ0v) is 19.0. The number of carbonyl (C=O) groups is 3. The van der Waals surface area contributed by atoms with Gasteiger partial charge in [0.1, 0.15) is 5.78 Å². The van der Waals surface area contributed by atoms with Crippen molar-refractivity contribution in [1.29, 1.82) is 0 Å². The van der Waals surface area contributed by atoms with Crippen LogP contribution in [0.2, 0.25) is 0 Å². The molecule has 0 aliphatic rings. The summed E-state index contributed by atoms with van der Waals surface area (Å²) in [4.78, 5) is 38.4. The Bertz CT molecular complexity index is 1050. The number of Topliss-reactive ketones (excluding diaryl/α,β-unsaturated/α-hetero) is 1. The molecule has 1 N–H and O–H groups in total. The third-order valence-electron chi connectivity index (χ3n) is 5.37. The van der Waals surface area contributed by atoms with Crippen molar-refractivity contribution in [3.05, 3.63) is 96.1 Å². The van der Waals surface area contributed by atoms with Crippen LogP contribution in [0.15, 0.2) is 84.9 Å². The first-order valence-electron chi connectivity index (χ1n) is 11.4. The SMILES string of the molecule is CC(=O)CCCCCCNC(=O)c1ccc(N(C(=O)c2ccccc2)c2ccccc2)cc1. The largest absolute Gasteiger partial charge is 0.352 e. The second kappa shape index (κ2) is 12.3. The van der Waals surface area contributed by atoms with E-state index < -0.39 is 0 Å². The normalized spacial score (nSPS) is 10.5. The second-order valence-corrected chi connectivity index (χ2v) is 8.01. The Labute approximate surface area is 195 Å². The van der Waals surface area contributed by atoms with Crippen molar-refractivity contribution in [1.82, 2.24) is 5.32 Å². The molecule has 5 heteroatoms. The van der Waals surface area contributed by atoms with Gasteiger partial charge in [0.2, 0.25) is 0 Å². The predicted molar refractivity (Wildman–Crippen MR) is 132 cm³/mol. The molecule has 170 valence electrons. The summed E-state index contributed by atoms with van der Waals surface area (Å²) in [6, 6.07) is 25.7. The molecule has 0 spiro atoms. The number of carbonyl (C=O) groups excluding carboxylic acids is 3. The van der Waals surface area contributed by atoms with Crippen molar-refractivity contribution in [3.63, 3.8) is 0 Å². The van der Waals surface area contributed by atoms with Crippen molar-refractivity contribution < 1.29 is 14.4 Å². The first-order chi connectivity index (χ1) is 16.1. The van der Waals surface area contributed by atoms with Gasteiger partial charge in [0.25, 0.3) is 11.8 Å². The third-order valence-corrected chi connectivity index (χ3v) is 5.37. The van der Waals surface area contributed by atoms with Crippen molar-refractivity contribution in [3.8, 4) is 0 Å². The summed E-state index contributed by atoms with van der Waals surface area (Å²) in [5.74, 6) is -0.0437. The van der Waals surface area contributed by atoms with Crippen molar-refractivity contribution in [2.24, 2.45) is 0 Å². The summed E-state index contributed by atoms with van der Waals surface area (Å²) in [7, 11) is 0. The van der Waals surface area contributed by atoms with Crippen LogP contribution in [-0.2, 0) is 4.79 Å². The maximum absolute atomic E-state index is 13.3. The number of para-hydroxylation sites is 1. The Morgan fingerprint density at radius 2 is 1.24 bits per heavy atom. The van der Waals surface area contributed by atoms with Crippen LogP contribution in [0.1, 0.15) is 59.7 Å². The fraction of sp³-hybridized carbons (Fsp3) is 0.250. The molecule has 0 aliphatic carbocycles. The Balaban J connectivity index is 1.64. The third kappa shape index (κ3) is 7.14. The Morgan fingerprint density at radius 1 is 0.667 bits per heavy atom. The first kappa shape index (κ1) is 23.9. The molecular weight excluding hydrogens is 412 g/mol. The first-order valence-corrected chi connectivity index (χ1v) is 11.4. The molecule has 3 rings (SSSR count). The molecule has 0 aromatic heterocycles. The van der Waals surface area contributed by atoms with Crippen LogP contribution in [0, 0.1) is 0 Å². The highest BCUT2D eigenvalue weighted by Crippen LogP contribution is 2.27. The summed E-state index contributed by atoms with van der Waals surface area (Å²) in [5.41, 5.74) is 2.59. The van der Waals surface area contributed by atoms with Gasteiger partial charge in [-0.1, -0.05) is 49.2 Å². The van der Waals surface area contributed by atoms with Crippen LogP contribution in [-0.4, -0.2) is 24.1 Å². The van der Waals surface area contributed by atoms with E-state index in [1.807, 2.05) is 48.5 Å². The number of hydrogen-bond donors (Lipinski definition) is 1. The summed E-state index contributed by atoms with van der Waals surface area (Å²) < 4.78 is 0. The van der Waals surface area contributed by atoms with Gasteiger partial charge in [-0.2, -0.15) is 0 Å². The number of anilines is 2. The lowest BCUT2D eigenvalue weighted by Gasteiger charge is -2.23. The van der Waals surface area contributed by atoms with Gasteiger partial charge in [-0.05, 0) is 68.3 Å². The number of unbranched alkanes of at least 4 members (excludes halogenated alkanes) is 3. The summed E-state index contributed by atoms with van der Waals surface area (Å²) in [5, 5.41) is 2.94. The fourth-order valence-electron chi connectivity index (χ4n) is 3.59. The molecule has 0 unspecified atom stereocenters. The number of hydrogen-bond acceptors (Lipinski definition) is 3. The minimum Gasteiger partial charge on any atom is -0.352 e. The average Bonchev–Trinajstić information content (AvgIpc) is 2.85. The maximum atomic E-state index is 13.3. The lowest BCUT2D eigenvalue weighted by Crippen LogP contribution is -2.26. The van der Waals surface area contributed by atoms with Gasteiger partial charge in [0, 0.05) is 35.5 Å². The molecule has 0 heterocycles. The zero-order chi connectivity index (χ0) is 23.5. The number of amides is 2. The summed E-state index contributed by atoms with van der Waals surface area (Å²) in [6.07, 6.45) is 4.40. The number of nitrogens with one attached hydrogen (secondary N) is 1. The van der Waals surface area contributed by atoms with Gasteiger partial charge in [-0.15, -0.1) is 0 Å². The number of rotatable bonds is 11. The van der Waals surface area contributed by atoms with E-state index in [0.717, 1.165) is 31.4 Å². The van der Waals surface area contributed by atoms with Crippen LogP contribution in [0.5, 0.6) is 0 Å². The van der Waals surface area contributed by atoms with Crippen LogP contribution >= 0.6 is 0 Å². The monoisotopic (exact) mass is 442 g/mol. The molecule has 2 amide bonds. The molecule has 0 atom stereocenters. The van der Waals surface area contributed by atoms with Gasteiger partial charge in [-0.25, -0.2) is 0 Å². The van der Waals surface area contributed by atoms with E-state index in [2.05, 4.69) is 5.32 Å². The van der Waals surface area contributed by atoms with Gasteiger partial charge >= 0.3 is 0 Å². The fourth-order valence-corrected chi connectivity index (χ4v) is 3.59. The van der Waals surface area contributed by atoms with Gasteiger partial charge in [-0.3, -0.25) is 14.5 Å². The van der Waals surface area contributed by atoms with Crippen molar-refractivity contribution >= 4 is 29.0 Å². The highest BCUT2D eigenvalue weighted by Gasteiger charge is 2.20. The Morgan fingerprint density at radius 3 is 1.88 bits per heavy atom. The molecule has 0 bridgehead atoms. The quantitative estimate of drug-likeness (QED) is 0.374. The van der Waals surface area contributed by atoms with Crippen molar-refractivity contribution in [2.45, 2.75) is 39.0 Å². The van der Waals surface area contributed by atoms with Gasteiger partial charge < -0.3 is 10.1 Å². The van der Waals surface area contributed by atoms with Gasteiger partial charge in [0.05, 0.1) is 0 Å². The summed E-state index contributed by atoms with van der Waals surface area (Å²) in [6.45, 7) is 2.21. The lowest BCUT2D eigenvalue weighted by atomic mass is 10.1. The van der Waals surface area contributed by atoms with E-state index in [9.17, 15) is 14.4 Å². The smallest absolute Gasteiger partial charge is 0.262 e. The molecule has 0 aliphatic heterocycles. The lowest BCUT2D eigenvalue weighted by molar-refractivity contribution is -0.117. The molecule has 5 nitrogen and oxygen atoms in total. The number of benzene rings is 3. The minimum absolute atomic E-state index is 0.133. The molecule has 0 radical (unpaired) electrons. The predicted octanol–water partition coefficient (Wildman–Crippen LogP) is 5.93. The van der Waals surface area contributed by atoms with E-state index in [4.69, 9.17) is 0 Å². The number of nitrogens with zero attached hydrogens (tertiary/aromatic N) is 1.